The van der Waals surface area contributed by atoms with Crippen molar-refractivity contribution in [3.63, 3.8) is 0 Å². The van der Waals surface area contributed by atoms with Gasteiger partial charge in [-0.3, -0.25) is 9.59 Å². The maximum absolute atomic E-state index is 13.4. The van der Waals surface area contributed by atoms with Gasteiger partial charge in [0, 0.05) is 13.6 Å². The van der Waals surface area contributed by atoms with Gasteiger partial charge in [0.1, 0.15) is 0 Å². The second-order valence-corrected chi connectivity index (χ2v) is 8.85. The number of carbonyl (C=O) groups is 2. The molecule has 3 aliphatic carbocycles. The van der Waals surface area contributed by atoms with Crippen LogP contribution >= 0.6 is 0 Å². The van der Waals surface area contributed by atoms with E-state index in [0.29, 0.717) is 5.92 Å². The largest absolute Gasteiger partial charge is 0.358 e. The van der Waals surface area contributed by atoms with E-state index in [-0.39, 0.29) is 23.8 Å². The number of hydrogen-bond donors (Lipinski definition) is 1. The molecule has 4 nitrogen and oxygen atoms in total. The van der Waals surface area contributed by atoms with Gasteiger partial charge in [-0.05, 0) is 49.9 Å². The fraction of sp³-hybridized carbons (Fsp3) is 0.905. The van der Waals surface area contributed by atoms with E-state index in [2.05, 4.69) is 12.2 Å². The molecule has 0 heterocycles. The van der Waals surface area contributed by atoms with Gasteiger partial charge in [0.2, 0.25) is 11.8 Å². The second kappa shape index (κ2) is 8.09. The molecule has 0 bridgehead atoms. The first-order valence-electron chi connectivity index (χ1n) is 10.6. The SMILES string of the molecule is CNC(=O)CN(CCC1CCCCC1C)C(=O)C1(C2CCC2)CCC1. The van der Waals surface area contributed by atoms with Crippen LogP contribution in [-0.4, -0.2) is 36.9 Å². The van der Waals surface area contributed by atoms with Crippen LogP contribution in [0.1, 0.15) is 77.6 Å². The molecule has 2 atom stereocenters. The molecule has 0 saturated heterocycles. The highest BCUT2D eigenvalue weighted by molar-refractivity contribution is 5.88. The van der Waals surface area contributed by atoms with Crippen molar-refractivity contribution < 1.29 is 9.59 Å². The molecule has 2 amide bonds. The third-order valence-electron chi connectivity index (χ3n) is 7.52. The number of likely N-dealkylation sites (N-methyl/N-ethyl adjacent to an activating group) is 1. The van der Waals surface area contributed by atoms with Gasteiger partial charge in [0.05, 0.1) is 12.0 Å². The Morgan fingerprint density at radius 3 is 2.28 bits per heavy atom. The van der Waals surface area contributed by atoms with Gasteiger partial charge in [-0.2, -0.15) is 0 Å². The smallest absolute Gasteiger partial charge is 0.239 e. The van der Waals surface area contributed by atoms with E-state index in [1.54, 1.807) is 7.05 Å². The van der Waals surface area contributed by atoms with E-state index in [9.17, 15) is 9.59 Å². The molecule has 3 rings (SSSR count). The first kappa shape index (κ1) is 18.7. The molecule has 0 radical (unpaired) electrons. The molecule has 0 aromatic rings. The van der Waals surface area contributed by atoms with Crippen LogP contribution in [0.3, 0.4) is 0 Å². The summed E-state index contributed by atoms with van der Waals surface area (Å²) >= 11 is 0. The van der Waals surface area contributed by atoms with Crippen LogP contribution in [0.2, 0.25) is 0 Å². The molecule has 142 valence electrons. The van der Waals surface area contributed by atoms with Crippen LogP contribution in [0.25, 0.3) is 0 Å². The van der Waals surface area contributed by atoms with E-state index in [1.165, 1.54) is 51.4 Å². The lowest BCUT2D eigenvalue weighted by atomic mass is 9.54. The maximum Gasteiger partial charge on any atom is 0.239 e. The lowest BCUT2D eigenvalue weighted by molar-refractivity contribution is -0.158. The van der Waals surface area contributed by atoms with Gasteiger partial charge in [-0.1, -0.05) is 45.4 Å². The van der Waals surface area contributed by atoms with Crippen LogP contribution in [-0.2, 0) is 9.59 Å². The first-order valence-corrected chi connectivity index (χ1v) is 10.6. The summed E-state index contributed by atoms with van der Waals surface area (Å²) in [5.41, 5.74) is -0.121. The Labute approximate surface area is 153 Å². The van der Waals surface area contributed by atoms with Crippen molar-refractivity contribution in [3.05, 3.63) is 0 Å². The number of rotatable bonds is 7. The lowest BCUT2D eigenvalue weighted by Gasteiger charge is -2.52. The van der Waals surface area contributed by atoms with Crippen molar-refractivity contribution in [2.24, 2.45) is 23.2 Å². The third-order valence-corrected chi connectivity index (χ3v) is 7.52. The van der Waals surface area contributed by atoms with Crippen molar-refractivity contribution >= 4 is 11.8 Å². The molecule has 25 heavy (non-hydrogen) atoms. The highest BCUT2D eigenvalue weighted by atomic mass is 16.2. The highest BCUT2D eigenvalue weighted by Crippen LogP contribution is 2.55. The Kier molecular flexibility index (Phi) is 6.06. The average Bonchev–Trinajstić information content (AvgIpc) is 2.53. The van der Waals surface area contributed by atoms with Gasteiger partial charge in [0.15, 0.2) is 0 Å². The van der Waals surface area contributed by atoms with E-state index in [4.69, 9.17) is 0 Å². The van der Waals surface area contributed by atoms with Crippen LogP contribution in [0.4, 0.5) is 0 Å². The Balaban J connectivity index is 1.65. The van der Waals surface area contributed by atoms with E-state index < -0.39 is 0 Å². The van der Waals surface area contributed by atoms with Crippen molar-refractivity contribution in [2.45, 2.75) is 77.6 Å². The molecule has 4 heteroatoms. The zero-order chi connectivity index (χ0) is 17.9. The fourth-order valence-electron chi connectivity index (χ4n) is 5.28. The number of amides is 2. The Bertz CT molecular complexity index is 482. The van der Waals surface area contributed by atoms with Gasteiger partial charge < -0.3 is 10.2 Å². The summed E-state index contributed by atoms with van der Waals surface area (Å²) < 4.78 is 0. The van der Waals surface area contributed by atoms with Crippen LogP contribution in [0, 0.1) is 23.2 Å². The standard InChI is InChI=1S/C21H36N2O2/c1-16-7-3-4-8-17(16)11-14-23(15-19(24)22-2)20(25)21(12-6-13-21)18-9-5-10-18/h16-18H,3-15H2,1-2H3,(H,22,24). The minimum Gasteiger partial charge on any atom is -0.358 e. The first-order chi connectivity index (χ1) is 12.1. The van der Waals surface area contributed by atoms with Crippen LogP contribution in [0.15, 0.2) is 0 Å². The van der Waals surface area contributed by atoms with Gasteiger partial charge in [-0.15, -0.1) is 0 Å². The highest BCUT2D eigenvalue weighted by Gasteiger charge is 2.53. The summed E-state index contributed by atoms with van der Waals surface area (Å²) in [6, 6.07) is 0. The zero-order valence-electron chi connectivity index (χ0n) is 16.2. The summed E-state index contributed by atoms with van der Waals surface area (Å²) in [6.07, 6.45) is 13.3. The normalized spacial score (nSPS) is 28.6. The molecule has 0 aliphatic heterocycles. The van der Waals surface area contributed by atoms with Crippen molar-refractivity contribution in [3.8, 4) is 0 Å². The zero-order valence-corrected chi connectivity index (χ0v) is 16.2. The Morgan fingerprint density at radius 1 is 1.04 bits per heavy atom. The Hall–Kier alpha value is -1.06. The van der Waals surface area contributed by atoms with Crippen molar-refractivity contribution in [2.75, 3.05) is 20.1 Å². The molecule has 0 aromatic carbocycles. The second-order valence-electron chi connectivity index (χ2n) is 8.85. The number of nitrogens with one attached hydrogen (secondary N) is 1. The molecule has 3 aliphatic rings. The minimum absolute atomic E-state index is 0.0341. The van der Waals surface area contributed by atoms with Crippen molar-refractivity contribution in [1.29, 1.82) is 0 Å². The number of carbonyl (C=O) groups excluding carboxylic acids is 2. The lowest BCUT2D eigenvalue weighted by Crippen LogP contribution is -2.55. The molecule has 0 spiro atoms. The Morgan fingerprint density at radius 2 is 1.76 bits per heavy atom. The van der Waals surface area contributed by atoms with Gasteiger partial charge in [0.25, 0.3) is 0 Å². The summed E-state index contributed by atoms with van der Waals surface area (Å²) in [4.78, 5) is 27.4. The maximum atomic E-state index is 13.4. The van der Waals surface area contributed by atoms with Crippen LogP contribution < -0.4 is 5.32 Å². The predicted octanol–water partition coefficient (Wildman–Crippen LogP) is 3.75. The van der Waals surface area contributed by atoms with Gasteiger partial charge in [-0.25, -0.2) is 0 Å². The van der Waals surface area contributed by atoms with Crippen LogP contribution in [0.5, 0.6) is 0 Å². The topological polar surface area (TPSA) is 49.4 Å². The monoisotopic (exact) mass is 348 g/mol. The molecule has 3 saturated carbocycles. The number of hydrogen-bond acceptors (Lipinski definition) is 2. The van der Waals surface area contributed by atoms with Crippen molar-refractivity contribution in [1.82, 2.24) is 10.2 Å². The van der Waals surface area contributed by atoms with Gasteiger partial charge >= 0.3 is 0 Å². The molecule has 3 fully saturated rings. The summed E-state index contributed by atoms with van der Waals surface area (Å²) in [5.74, 6) is 2.31. The van der Waals surface area contributed by atoms with E-state index >= 15 is 0 Å². The molecule has 0 aromatic heterocycles. The number of nitrogens with zero attached hydrogens (tertiary/aromatic N) is 1. The third kappa shape index (κ3) is 3.88. The molecule has 2 unspecified atom stereocenters. The fourth-order valence-corrected chi connectivity index (χ4v) is 5.28. The van der Waals surface area contributed by atoms with E-state index in [1.807, 2.05) is 4.90 Å². The predicted molar refractivity (Wildman–Crippen MR) is 100 cm³/mol. The minimum atomic E-state index is -0.121. The summed E-state index contributed by atoms with van der Waals surface area (Å²) in [5, 5.41) is 2.71. The van der Waals surface area contributed by atoms with E-state index in [0.717, 1.165) is 37.6 Å². The molecule has 1 N–H and O–H groups in total. The molecular weight excluding hydrogens is 312 g/mol. The quantitative estimate of drug-likeness (QED) is 0.762. The average molecular weight is 349 g/mol. The molecular formula is C21H36N2O2. The summed E-state index contributed by atoms with van der Waals surface area (Å²) in [6.45, 7) is 3.36. The summed E-state index contributed by atoms with van der Waals surface area (Å²) in [7, 11) is 1.67.